The van der Waals surface area contributed by atoms with Crippen LogP contribution in [-0.4, -0.2) is 38.3 Å². The molecule has 0 saturated heterocycles. The molecule has 0 heterocycles. The first-order chi connectivity index (χ1) is 9.20. The Morgan fingerprint density at radius 3 is 2.60 bits per heavy atom. The molecule has 6 nitrogen and oxygen atoms in total. The first-order valence-corrected chi connectivity index (χ1v) is 7.89. The van der Waals surface area contributed by atoms with Gasteiger partial charge in [-0.1, -0.05) is 12.1 Å². The Morgan fingerprint density at radius 2 is 2.05 bits per heavy atom. The van der Waals surface area contributed by atoms with Crippen molar-refractivity contribution in [1.82, 2.24) is 9.62 Å². The number of nitrogens with one attached hydrogen (secondary N) is 1. The molecule has 1 aromatic rings. The average molecular weight is 299 g/mol. The van der Waals surface area contributed by atoms with E-state index in [1.54, 1.807) is 24.3 Å². The molecule has 0 fully saturated rings. The van der Waals surface area contributed by atoms with Crippen LogP contribution in [0.5, 0.6) is 0 Å². The van der Waals surface area contributed by atoms with Gasteiger partial charge >= 0.3 is 0 Å². The number of likely N-dealkylation sites (N-methyl/N-ethyl adjacent to an activating group) is 1. The molecule has 0 aliphatic rings. The number of anilines is 1. The number of carbonyl (C=O) groups is 1. The van der Waals surface area contributed by atoms with Crippen LogP contribution in [0.4, 0.5) is 5.69 Å². The highest BCUT2D eigenvalue weighted by Crippen LogP contribution is 2.12. The van der Waals surface area contributed by atoms with Crippen LogP contribution in [0.15, 0.2) is 24.3 Å². The van der Waals surface area contributed by atoms with Crippen molar-refractivity contribution in [3.63, 3.8) is 0 Å². The lowest BCUT2D eigenvalue weighted by atomic mass is 10.2. The first-order valence-electron chi connectivity index (χ1n) is 6.28. The summed E-state index contributed by atoms with van der Waals surface area (Å²) in [5, 5.41) is 2.65. The molecular formula is C13H21N3O3S. The number of hydrogen-bond donors (Lipinski definition) is 2. The van der Waals surface area contributed by atoms with Crippen LogP contribution in [0.1, 0.15) is 19.4 Å². The summed E-state index contributed by atoms with van der Waals surface area (Å²) < 4.78 is 25.3. The summed E-state index contributed by atoms with van der Waals surface area (Å²) in [6, 6.07) is 6.67. The molecule has 0 saturated carbocycles. The maximum Gasteiger partial charge on any atom is 0.235 e. The van der Waals surface area contributed by atoms with Crippen LogP contribution in [0.25, 0.3) is 0 Å². The predicted octanol–water partition coefficient (Wildman–Crippen LogP) is 0.555. The molecule has 1 amide bonds. The van der Waals surface area contributed by atoms with Gasteiger partial charge in [-0.25, -0.2) is 8.42 Å². The Morgan fingerprint density at radius 1 is 1.40 bits per heavy atom. The SMILES string of the molecule is CC(C)NC(=O)CN(C)S(=O)(=O)Cc1cccc(N)c1. The van der Waals surface area contributed by atoms with E-state index >= 15 is 0 Å². The summed E-state index contributed by atoms with van der Waals surface area (Å²) in [5.74, 6) is -0.498. The smallest absolute Gasteiger partial charge is 0.235 e. The van der Waals surface area contributed by atoms with Gasteiger partial charge in [-0.3, -0.25) is 4.79 Å². The fourth-order valence-electron chi connectivity index (χ4n) is 1.67. The lowest BCUT2D eigenvalue weighted by Crippen LogP contribution is -2.41. The van der Waals surface area contributed by atoms with Gasteiger partial charge in [0.25, 0.3) is 0 Å². The summed E-state index contributed by atoms with van der Waals surface area (Å²) in [4.78, 5) is 11.6. The standard InChI is InChI=1S/C13H21N3O3S/c1-10(2)15-13(17)8-16(3)20(18,19)9-11-5-4-6-12(14)7-11/h4-7,10H,8-9,14H2,1-3H3,(H,15,17). The summed E-state index contributed by atoms with van der Waals surface area (Å²) in [6.07, 6.45) is 0. The number of sulfonamides is 1. The van der Waals surface area contributed by atoms with E-state index in [0.29, 0.717) is 11.3 Å². The van der Waals surface area contributed by atoms with Gasteiger partial charge in [-0.15, -0.1) is 0 Å². The summed E-state index contributed by atoms with van der Waals surface area (Å²) in [5.41, 5.74) is 6.73. The topological polar surface area (TPSA) is 92.5 Å². The van der Waals surface area contributed by atoms with Gasteiger partial charge in [-0.2, -0.15) is 4.31 Å². The molecule has 112 valence electrons. The molecule has 3 N–H and O–H groups in total. The Bertz CT molecular complexity index is 570. The molecule has 0 spiro atoms. The zero-order valence-corrected chi connectivity index (χ0v) is 12.8. The highest BCUT2D eigenvalue weighted by Gasteiger charge is 2.21. The number of benzene rings is 1. The minimum atomic E-state index is -3.54. The third-order valence-electron chi connectivity index (χ3n) is 2.59. The molecule has 20 heavy (non-hydrogen) atoms. The van der Waals surface area contributed by atoms with Crippen LogP contribution < -0.4 is 11.1 Å². The number of nitrogens with two attached hydrogens (primary N) is 1. The summed E-state index contributed by atoms with van der Waals surface area (Å²) in [7, 11) is -2.15. The maximum atomic E-state index is 12.1. The molecule has 0 unspecified atom stereocenters. The van der Waals surface area contributed by atoms with Gasteiger partial charge in [-0.05, 0) is 31.5 Å². The second kappa shape index (κ2) is 6.71. The Hall–Kier alpha value is -1.60. The monoisotopic (exact) mass is 299 g/mol. The number of hydrogen-bond acceptors (Lipinski definition) is 4. The van der Waals surface area contributed by atoms with E-state index < -0.39 is 10.0 Å². The second-order valence-corrected chi connectivity index (χ2v) is 7.06. The van der Waals surface area contributed by atoms with Crippen molar-refractivity contribution >= 4 is 21.6 Å². The molecule has 0 bridgehead atoms. The minimum absolute atomic E-state index is 0.0208. The number of carbonyl (C=O) groups excluding carboxylic acids is 1. The maximum absolute atomic E-state index is 12.1. The number of nitrogen functional groups attached to an aromatic ring is 1. The van der Waals surface area contributed by atoms with Gasteiger partial charge in [0.1, 0.15) is 0 Å². The lowest BCUT2D eigenvalue weighted by molar-refractivity contribution is -0.121. The van der Waals surface area contributed by atoms with Crippen LogP contribution in [0, 0.1) is 0 Å². The molecule has 1 rings (SSSR count). The zero-order valence-electron chi connectivity index (χ0n) is 12.0. The first kappa shape index (κ1) is 16.5. The van der Waals surface area contributed by atoms with Crippen LogP contribution >= 0.6 is 0 Å². The van der Waals surface area contributed by atoms with Gasteiger partial charge in [0, 0.05) is 18.8 Å². The van der Waals surface area contributed by atoms with Crippen molar-refractivity contribution in [3.8, 4) is 0 Å². The van der Waals surface area contributed by atoms with E-state index in [2.05, 4.69) is 5.32 Å². The average Bonchev–Trinajstić information content (AvgIpc) is 2.26. The van der Waals surface area contributed by atoms with Crippen LogP contribution in [-0.2, 0) is 20.6 Å². The predicted molar refractivity (Wildman–Crippen MR) is 79.4 cm³/mol. The van der Waals surface area contributed by atoms with Crippen molar-refractivity contribution in [2.45, 2.75) is 25.6 Å². The third-order valence-corrected chi connectivity index (χ3v) is 4.37. The Balaban J connectivity index is 2.71. The molecule has 0 atom stereocenters. The summed E-state index contributed by atoms with van der Waals surface area (Å²) >= 11 is 0. The van der Waals surface area contributed by atoms with Gasteiger partial charge < -0.3 is 11.1 Å². The van der Waals surface area contributed by atoms with Gasteiger partial charge in [0.05, 0.1) is 12.3 Å². The Labute approximate surface area is 120 Å². The quantitative estimate of drug-likeness (QED) is 0.750. The van der Waals surface area contributed by atoms with E-state index in [0.717, 1.165) is 4.31 Å². The number of rotatable bonds is 6. The van der Waals surface area contributed by atoms with E-state index in [1.165, 1.54) is 7.05 Å². The molecule has 7 heteroatoms. The van der Waals surface area contributed by atoms with Crippen molar-refractivity contribution in [2.75, 3.05) is 19.3 Å². The van der Waals surface area contributed by atoms with Crippen molar-refractivity contribution in [1.29, 1.82) is 0 Å². The Kier molecular flexibility index (Phi) is 5.52. The van der Waals surface area contributed by atoms with Crippen molar-refractivity contribution in [3.05, 3.63) is 29.8 Å². The molecule has 0 aliphatic heterocycles. The van der Waals surface area contributed by atoms with E-state index in [1.807, 2.05) is 13.8 Å². The third kappa shape index (κ3) is 5.18. The summed E-state index contributed by atoms with van der Waals surface area (Å²) in [6.45, 7) is 3.45. The second-order valence-electron chi connectivity index (χ2n) is 4.98. The van der Waals surface area contributed by atoms with Crippen LogP contribution in [0.2, 0.25) is 0 Å². The van der Waals surface area contributed by atoms with E-state index in [4.69, 9.17) is 5.73 Å². The molecule has 0 aliphatic carbocycles. The van der Waals surface area contributed by atoms with Crippen molar-refractivity contribution < 1.29 is 13.2 Å². The fourth-order valence-corrected chi connectivity index (χ4v) is 2.81. The van der Waals surface area contributed by atoms with E-state index in [9.17, 15) is 13.2 Å². The van der Waals surface area contributed by atoms with Crippen molar-refractivity contribution in [2.24, 2.45) is 0 Å². The van der Waals surface area contributed by atoms with Gasteiger partial charge in [0.15, 0.2) is 0 Å². The molecular weight excluding hydrogens is 278 g/mol. The highest BCUT2D eigenvalue weighted by molar-refractivity contribution is 7.88. The minimum Gasteiger partial charge on any atom is -0.399 e. The number of nitrogens with zero attached hydrogens (tertiary/aromatic N) is 1. The molecule has 1 aromatic carbocycles. The zero-order chi connectivity index (χ0) is 15.3. The molecule has 0 aromatic heterocycles. The highest BCUT2D eigenvalue weighted by atomic mass is 32.2. The lowest BCUT2D eigenvalue weighted by Gasteiger charge is -2.18. The largest absolute Gasteiger partial charge is 0.399 e. The number of amides is 1. The normalized spacial score (nSPS) is 11.8. The van der Waals surface area contributed by atoms with Crippen LogP contribution in [0.3, 0.4) is 0 Å². The molecule has 0 radical (unpaired) electrons. The van der Waals surface area contributed by atoms with Gasteiger partial charge in [0.2, 0.25) is 15.9 Å². The van der Waals surface area contributed by atoms with E-state index in [-0.39, 0.29) is 24.2 Å². The fraction of sp³-hybridized carbons (Fsp3) is 0.462.